The van der Waals surface area contributed by atoms with Gasteiger partial charge in [0.1, 0.15) is 0 Å². The van der Waals surface area contributed by atoms with Gasteiger partial charge in [0.2, 0.25) is 0 Å². The van der Waals surface area contributed by atoms with Crippen LogP contribution in [-0.4, -0.2) is 31.4 Å². The van der Waals surface area contributed by atoms with Crippen LogP contribution in [0.5, 0.6) is 0 Å². The summed E-state index contributed by atoms with van der Waals surface area (Å²) in [7, 11) is 0. The summed E-state index contributed by atoms with van der Waals surface area (Å²) in [6.45, 7) is 5.00. The Morgan fingerprint density at radius 3 is 2.95 bits per heavy atom. The fraction of sp³-hybridized carbons (Fsp3) is 0.571. The lowest BCUT2D eigenvalue weighted by molar-refractivity contribution is 0.252. The van der Waals surface area contributed by atoms with Gasteiger partial charge in [-0.3, -0.25) is 0 Å². The van der Waals surface area contributed by atoms with Gasteiger partial charge in [0.05, 0.1) is 5.69 Å². The molecule has 5 heteroatoms. The molecule has 0 spiro atoms. The smallest absolute Gasteiger partial charge is 0.288 e. The molecule has 106 valence electrons. The number of alkyl halides is 2. The Bertz CT molecular complexity index is 401. The van der Waals surface area contributed by atoms with E-state index in [9.17, 15) is 8.78 Å². The number of hydrogen-bond donors (Lipinski definition) is 1. The molecule has 2 nitrogen and oxygen atoms in total. The fourth-order valence-corrected chi connectivity index (χ4v) is 3.08. The Kier molecular flexibility index (Phi) is 5.45. The monoisotopic (exact) mass is 286 g/mol. The molecule has 0 saturated carbocycles. The van der Waals surface area contributed by atoms with Gasteiger partial charge in [0.25, 0.3) is 5.76 Å². The number of rotatable bonds is 6. The van der Waals surface area contributed by atoms with Crippen LogP contribution >= 0.6 is 11.8 Å². The first-order valence-electron chi connectivity index (χ1n) is 6.73. The first-order chi connectivity index (χ1) is 9.20. The molecule has 1 aliphatic heterocycles. The van der Waals surface area contributed by atoms with Crippen LogP contribution in [0.1, 0.15) is 19.8 Å². The van der Waals surface area contributed by atoms with Gasteiger partial charge in [-0.15, -0.1) is 0 Å². The number of nitrogens with one attached hydrogen (secondary N) is 1. The van der Waals surface area contributed by atoms with Crippen LogP contribution < -0.4 is 10.2 Å². The average Bonchev–Trinajstić information content (AvgIpc) is 2.85. The zero-order valence-electron chi connectivity index (χ0n) is 11.1. The summed E-state index contributed by atoms with van der Waals surface area (Å²) in [6.07, 6.45) is 2.20. The summed E-state index contributed by atoms with van der Waals surface area (Å²) in [5.74, 6) is -2.36. The maximum atomic E-state index is 12.6. The summed E-state index contributed by atoms with van der Waals surface area (Å²) in [6, 6.07) is 7.92. The van der Waals surface area contributed by atoms with E-state index in [0.29, 0.717) is 22.7 Å². The Labute approximate surface area is 117 Å². The molecule has 19 heavy (non-hydrogen) atoms. The van der Waals surface area contributed by atoms with Gasteiger partial charge in [-0.05, 0) is 31.5 Å². The second kappa shape index (κ2) is 7.10. The van der Waals surface area contributed by atoms with Gasteiger partial charge < -0.3 is 10.2 Å². The van der Waals surface area contributed by atoms with Crippen molar-refractivity contribution in [3.8, 4) is 0 Å². The molecule has 1 aromatic rings. The maximum Gasteiger partial charge on any atom is 0.288 e. The minimum absolute atomic E-state index is 0.476. The highest BCUT2D eigenvalue weighted by Crippen LogP contribution is 2.35. The average molecular weight is 286 g/mol. The van der Waals surface area contributed by atoms with Crippen molar-refractivity contribution in [2.75, 3.05) is 24.5 Å². The molecular formula is C14H20F2N2S. The van der Waals surface area contributed by atoms with Crippen LogP contribution in [-0.2, 0) is 0 Å². The molecule has 0 radical (unpaired) electrons. The molecule has 2 rings (SSSR count). The Hall–Kier alpha value is -0.810. The number of benzene rings is 1. The third-order valence-electron chi connectivity index (χ3n) is 3.29. The zero-order chi connectivity index (χ0) is 13.7. The number of thioether (sulfide) groups is 1. The van der Waals surface area contributed by atoms with E-state index in [1.807, 2.05) is 18.2 Å². The molecular weight excluding hydrogens is 266 g/mol. The van der Waals surface area contributed by atoms with E-state index in [1.165, 1.54) is 0 Å². The Balaban J connectivity index is 2.02. The summed E-state index contributed by atoms with van der Waals surface area (Å²) in [4.78, 5) is 2.88. The number of hydrogen-bond acceptors (Lipinski definition) is 3. The lowest BCUT2D eigenvalue weighted by Crippen LogP contribution is -2.33. The second-order valence-corrected chi connectivity index (χ2v) is 5.76. The second-order valence-electron chi connectivity index (χ2n) is 4.73. The minimum Gasteiger partial charge on any atom is -0.369 e. The number of nitrogens with zero attached hydrogens (tertiary/aromatic N) is 1. The summed E-state index contributed by atoms with van der Waals surface area (Å²) >= 11 is 0.636. The molecule has 1 aliphatic rings. The van der Waals surface area contributed by atoms with Crippen LogP contribution in [0, 0.1) is 0 Å². The van der Waals surface area contributed by atoms with Gasteiger partial charge in [-0.25, -0.2) is 0 Å². The lowest BCUT2D eigenvalue weighted by atomic mass is 10.2. The molecule has 1 atom stereocenters. The first kappa shape index (κ1) is 14.6. The fourth-order valence-electron chi connectivity index (χ4n) is 2.41. The molecule has 0 bridgehead atoms. The predicted octanol–water partition coefficient (Wildman–Crippen LogP) is 3.58. The van der Waals surface area contributed by atoms with Crippen molar-refractivity contribution < 1.29 is 8.78 Å². The van der Waals surface area contributed by atoms with E-state index in [1.54, 1.807) is 6.07 Å². The number of halogens is 2. The molecule has 0 amide bonds. The molecule has 0 aromatic heterocycles. The third kappa shape index (κ3) is 4.08. The van der Waals surface area contributed by atoms with E-state index < -0.39 is 5.76 Å². The Morgan fingerprint density at radius 1 is 1.42 bits per heavy atom. The highest BCUT2D eigenvalue weighted by molar-refractivity contribution is 7.99. The molecule has 1 aromatic carbocycles. The van der Waals surface area contributed by atoms with Crippen molar-refractivity contribution in [3.05, 3.63) is 24.3 Å². The zero-order valence-corrected chi connectivity index (χ0v) is 11.9. The standard InChI is InChI=1S/C14H20F2N2S/c1-2-8-17-11-7-9-18(10-11)12-5-3-4-6-13(12)19-14(15)16/h3-6,11,14,17H,2,7-10H2,1H3. The summed E-state index contributed by atoms with van der Waals surface area (Å²) in [5.41, 5.74) is 0.939. The van der Waals surface area contributed by atoms with E-state index in [4.69, 9.17) is 0 Å². The number of anilines is 1. The number of para-hydroxylation sites is 1. The largest absolute Gasteiger partial charge is 0.369 e. The van der Waals surface area contributed by atoms with Crippen LogP contribution in [0.3, 0.4) is 0 Å². The van der Waals surface area contributed by atoms with E-state index in [2.05, 4.69) is 17.1 Å². The van der Waals surface area contributed by atoms with E-state index >= 15 is 0 Å². The predicted molar refractivity (Wildman–Crippen MR) is 77.2 cm³/mol. The van der Waals surface area contributed by atoms with Crippen molar-refractivity contribution in [1.29, 1.82) is 0 Å². The highest BCUT2D eigenvalue weighted by Gasteiger charge is 2.24. The first-order valence-corrected chi connectivity index (χ1v) is 7.61. The minimum atomic E-state index is -2.36. The quantitative estimate of drug-likeness (QED) is 0.805. The molecule has 1 fully saturated rings. The van der Waals surface area contributed by atoms with Crippen molar-refractivity contribution in [3.63, 3.8) is 0 Å². The van der Waals surface area contributed by atoms with Crippen molar-refractivity contribution in [2.24, 2.45) is 0 Å². The van der Waals surface area contributed by atoms with Crippen LogP contribution in [0.15, 0.2) is 29.2 Å². The SMILES string of the molecule is CCCNC1CCN(c2ccccc2SC(F)F)C1. The van der Waals surface area contributed by atoms with Crippen molar-refractivity contribution >= 4 is 17.4 Å². The topological polar surface area (TPSA) is 15.3 Å². The van der Waals surface area contributed by atoms with Crippen LogP contribution in [0.25, 0.3) is 0 Å². The molecule has 1 unspecified atom stereocenters. The highest BCUT2D eigenvalue weighted by atomic mass is 32.2. The van der Waals surface area contributed by atoms with E-state index in [0.717, 1.165) is 38.2 Å². The van der Waals surface area contributed by atoms with Crippen LogP contribution in [0.2, 0.25) is 0 Å². The van der Waals surface area contributed by atoms with Gasteiger partial charge in [-0.1, -0.05) is 30.8 Å². The van der Waals surface area contributed by atoms with Gasteiger partial charge in [0, 0.05) is 24.0 Å². The van der Waals surface area contributed by atoms with E-state index in [-0.39, 0.29) is 0 Å². The maximum absolute atomic E-state index is 12.6. The van der Waals surface area contributed by atoms with Gasteiger partial charge in [-0.2, -0.15) is 8.78 Å². The lowest BCUT2D eigenvalue weighted by Gasteiger charge is -2.22. The molecule has 0 aliphatic carbocycles. The molecule has 1 heterocycles. The van der Waals surface area contributed by atoms with Crippen LogP contribution in [0.4, 0.5) is 14.5 Å². The van der Waals surface area contributed by atoms with Gasteiger partial charge >= 0.3 is 0 Å². The summed E-state index contributed by atoms with van der Waals surface area (Å²) in [5, 5.41) is 3.49. The molecule has 1 N–H and O–H groups in total. The summed E-state index contributed by atoms with van der Waals surface area (Å²) < 4.78 is 25.1. The Morgan fingerprint density at radius 2 is 2.21 bits per heavy atom. The molecule has 1 saturated heterocycles. The third-order valence-corrected chi connectivity index (χ3v) is 4.07. The van der Waals surface area contributed by atoms with Crippen molar-refractivity contribution in [2.45, 2.75) is 36.5 Å². The van der Waals surface area contributed by atoms with Crippen molar-refractivity contribution in [1.82, 2.24) is 5.32 Å². The van der Waals surface area contributed by atoms with Gasteiger partial charge in [0.15, 0.2) is 0 Å². The normalized spacial score (nSPS) is 19.4.